The molecule has 2 rings (SSSR count). The van der Waals surface area contributed by atoms with Gasteiger partial charge in [-0.2, -0.15) is 0 Å². The van der Waals surface area contributed by atoms with Gasteiger partial charge in [-0.25, -0.2) is 0 Å². The predicted molar refractivity (Wildman–Crippen MR) is 66.3 cm³/mol. The largest absolute Gasteiger partial charge is 0.456 e. The second-order valence-corrected chi connectivity index (χ2v) is 3.93. The molecule has 0 bridgehead atoms. The van der Waals surface area contributed by atoms with Crippen molar-refractivity contribution in [1.82, 2.24) is 4.98 Å². The minimum atomic E-state index is 0.338. The van der Waals surface area contributed by atoms with Gasteiger partial charge in [0.1, 0.15) is 12.4 Å². The summed E-state index contributed by atoms with van der Waals surface area (Å²) in [6.45, 7) is 1.07. The van der Waals surface area contributed by atoms with Crippen molar-refractivity contribution in [3.8, 4) is 0 Å². The molecule has 0 aliphatic heterocycles. The van der Waals surface area contributed by atoms with E-state index in [2.05, 4.69) is 4.98 Å². The Balaban J connectivity index is 1.63. The van der Waals surface area contributed by atoms with E-state index in [0.29, 0.717) is 31.0 Å². The summed E-state index contributed by atoms with van der Waals surface area (Å²) in [5.74, 6) is 1.02. The summed E-state index contributed by atoms with van der Waals surface area (Å²) in [7, 11) is 0. The zero-order valence-electron chi connectivity index (χ0n) is 10.0. The highest BCUT2D eigenvalue weighted by Gasteiger charge is 2.00. The van der Waals surface area contributed by atoms with E-state index in [1.165, 1.54) is 5.56 Å². The van der Waals surface area contributed by atoms with Gasteiger partial charge in [0.2, 0.25) is 0 Å². The van der Waals surface area contributed by atoms with Gasteiger partial charge < -0.3 is 9.15 Å². The maximum absolute atomic E-state index is 10.4. The minimum absolute atomic E-state index is 0.338. The molecule has 2 heterocycles. The Morgan fingerprint density at radius 3 is 2.78 bits per heavy atom. The van der Waals surface area contributed by atoms with E-state index in [4.69, 9.17) is 9.15 Å². The van der Waals surface area contributed by atoms with E-state index in [9.17, 15) is 4.79 Å². The maximum atomic E-state index is 10.4. The Bertz CT molecular complexity index is 479. The standard InChI is InChI=1S/C14H15NO3/c16-10-13-3-4-14(18-13)11-17-9-1-2-12-5-7-15-8-6-12/h3-8,10H,1-2,9,11H2. The first kappa shape index (κ1) is 12.5. The van der Waals surface area contributed by atoms with Crippen molar-refractivity contribution < 1.29 is 13.9 Å². The third-order valence-corrected chi connectivity index (χ3v) is 2.55. The number of aldehydes is 1. The summed E-state index contributed by atoms with van der Waals surface area (Å²) in [4.78, 5) is 14.4. The van der Waals surface area contributed by atoms with Gasteiger partial charge in [-0.1, -0.05) is 0 Å². The number of nitrogens with zero attached hydrogens (tertiary/aromatic N) is 1. The van der Waals surface area contributed by atoms with E-state index >= 15 is 0 Å². The van der Waals surface area contributed by atoms with E-state index in [0.717, 1.165) is 12.8 Å². The SMILES string of the molecule is O=Cc1ccc(COCCCc2ccncc2)o1. The van der Waals surface area contributed by atoms with Gasteiger partial charge in [-0.15, -0.1) is 0 Å². The number of carbonyl (C=O) groups is 1. The Morgan fingerprint density at radius 1 is 1.22 bits per heavy atom. The lowest BCUT2D eigenvalue weighted by molar-refractivity contribution is 0.0998. The van der Waals surface area contributed by atoms with Crippen LogP contribution in [0.5, 0.6) is 0 Å². The quantitative estimate of drug-likeness (QED) is 0.556. The number of hydrogen-bond donors (Lipinski definition) is 0. The van der Waals surface area contributed by atoms with Gasteiger partial charge in [-0.05, 0) is 42.7 Å². The molecule has 0 radical (unpaired) electrons. The Labute approximate surface area is 106 Å². The molecular weight excluding hydrogens is 230 g/mol. The van der Waals surface area contributed by atoms with Crippen molar-refractivity contribution in [2.45, 2.75) is 19.4 Å². The van der Waals surface area contributed by atoms with Crippen LogP contribution in [0.25, 0.3) is 0 Å². The number of aryl methyl sites for hydroxylation is 1. The fourth-order valence-corrected chi connectivity index (χ4v) is 1.64. The van der Waals surface area contributed by atoms with E-state index in [1.54, 1.807) is 24.5 Å². The number of rotatable bonds is 7. The molecule has 94 valence electrons. The third-order valence-electron chi connectivity index (χ3n) is 2.55. The van der Waals surface area contributed by atoms with Crippen LogP contribution in [-0.2, 0) is 17.8 Å². The molecule has 2 aromatic heterocycles. The van der Waals surface area contributed by atoms with Crippen LogP contribution in [0.15, 0.2) is 41.1 Å². The average molecular weight is 245 g/mol. The lowest BCUT2D eigenvalue weighted by Crippen LogP contribution is -1.96. The van der Waals surface area contributed by atoms with E-state index in [1.807, 2.05) is 12.1 Å². The van der Waals surface area contributed by atoms with Crippen LogP contribution in [0.3, 0.4) is 0 Å². The van der Waals surface area contributed by atoms with Crippen LogP contribution in [0.2, 0.25) is 0 Å². The molecule has 0 aliphatic carbocycles. The normalized spacial score (nSPS) is 10.4. The van der Waals surface area contributed by atoms with Gasteiger partial charge in [0.15, 0.2) is 12.0 Å². The molecule has 0 fully saturated rings. The van der Waals surface area contributed by atoms with Gasteiger partial charge in [0, 0.05) is 19.0 Å². The molecular formula is C14H15NO3. The molecule has 0 spiro atoms. The summed E-state index contributed by atoms with van der Waals surface area (Å²) in [6, 6.07) is 7.40. The number of ether oxygens (including phenoxy) is 1. The first-order valence-corrected chi connectivity index (χ1v) is 5.89. The Kier molecular flexibility index (Phi) is 4.67. The fourth-order valence-electron chi connectivity index (χ4n) is 1.64. The summed E-state index contributed by atoms with van der Waals surface area (Å²) >= 11 is 0. The molecule has 0 atom stereocenters. The van der Waals surface area contributed by atoms with Crippen LogP contribution >= 0.6 is 0 Å². The molecule has 0 saturated heterocycles. The number of pyridine rings is 1. The molecule has 0 unspecified atom stereocenters. The highest BCUT2D eigenvalue weighted by molar-refractivity contribution is 5.70. The fraction of sp³-hybridized carbons (Fsp3) is 0.286. The molecule has 2 aromatic rings. The molecule has 4 nitrogen and oxygen atoms in total. The summed E-state index contributed by atoms with van der Waals surface area (Å²) in [6.07, 6.45) is 6.19. The number of aromatic nitrogens is 1. The van der Waals surface area contributed by atoms with Gasteiger partial charge in [0.25, 0.3) is 0 Å². The summed E-state index contributed by atoms with van der Waals surface area (Å²) in [5.41, 5.74) is 1.26. The third kappa shape index (κ3) is 3.82. The minimum Gasteiger partial charge on any atom is -0.456 e. The molecule has 0 amide bonds. The Morgan fingerprint density at radius 2 is 2.06 bits per heavy atom. The lowest BCUT2D eigenvalue weighted by atomic mass is 10.1. The molecule has 18 heavy (non-hydrogen) atoms. The van der Waals surface area contributed by atoms with Crippen molar-refractivity contribution in [1.29, 1.82) is 0 Å². The molecule has 4 heteroatoms. The van der Waals surface area contributed by atoms with Crippen LogP contribution in [0.1, 0.15) is 28.3 Å². The topological polar surface area (TPSA) is 52.3 Å². The van der Waals surface area contributed by atoms with Crippen LogP contribution in [0.4, 0.5) is 0 Å². The van der Waals surface area contributed by atoms with E-state index < -0.39 is 0 Å². The van der Waals surface area contributed by atoms with Crippen LogP contribution in [-0.4, -0.2) is 17.9 Å². The van der Waals surface area contributed by atoms with Crippen molar-refractivity contribution >= 4 is 6.29 Å². The second kappa shape index (κ2) is 6.71. The number of furan rings is 1. The van der Waals surface area contributed by atoms with Crippen LogP contribution in [0, 0.1) is 0 Å². The molecule has 0 aliphatic rings. The summed E-state index contributed by atoms with van der Waals surface area (Å²) < 4.78 is 10.7. The van der Waals surface area contributed by atoms with Crippen molar-refractivity contribution in [2.24, 2.45) is 0 Å². The monoisotopic (exact) mass is 245 g/mol. The highest BCUT2D eigenvalue weighted by atomic mass is 16.5. The van der Waals surface area contributed by atoms with Crippen molar-refractivity contribution in [3.63, 3.8) is 0 Å². The number of hydrogen-bond acceptors (Lipinski definition) is 4. The predicted octanol–water partition coefficient (Wildman–Crippen LogP) is 2.64. The zero-order chi connectivity index (χ0) is 12.6. The van der Waals surface area contributed by atoms with Gasteiger partial charge in [0.05, 0.1) is 0 Å². The van der Waals surface area contributed by atoms with Gasteiger partial charge >= 0.3 is 0 Å². The Hall–Kier alpha value is -1.94. The zero-order valence-corrected chi connectivity index (χ0v) is 10.0. The van der Waals surface area contributed by atoms with E-state index in [-0.39, 0.29) is 0 Å². The maximum Gasteiger partial charge on any atom is 0.185 e. The van der Waals surface area contributed by atoms with Crippen molar-refractivity contribution in [3.05, 3.63) is 53.7 Å². The molecule has 0 aromatic carbocycles. The molecule has 0 saturated carbocycles. The first-order chi connectivity index (χ1) is 8.88. The summed E-state index contributed by atoms with van der Waals surface area (Å²) in [5, 5.41) is 0. The highest BCUT2D eigenvalue weighted by Crippen LogP contribution is 2.07. The number of carbonyl (C=O) groups excluding carboxylic acids is 1. The first-order valence-electron chi connectivity index (χ1n) is 5.89. The van der Waals surface area contributed by atoms with Crippen LogP contribution < -0.4 is 0 Å². The smallest absolute Gasteiger partial charge is 0.185 e. The van der Waals surface area contributed by atoms with Gasteiger partial charge in [-0.3, -0.25) is 9.78 Å². The average Bonchev–Trinajstić information content (AvgIpc) is 2.87. The molecule has 0 N–H and O–H groups in total. The lowest BCUT2D eigenvalue weighted by Gasteiger charge is -2.02. The second-order valence-electron chi connectivity index (χ2n) is 3.93. The van der Waals surface area contributed by atoms with Crippen molar-refractivity contribution in [2.75, 3.05) is 6.61 Å².